The average molecular weight is 202 g/mol. The van der Waals surface area contributed by atoms with Crippen LogP contribution in [0.25, 0.3) is 0 Å². The van der Waals surface area contributed by atoms with Crippen LogP contribution in [0.2, 0.25) is 0 Å². The molecule has 1 aliphatic rings. The number of rotatable bonds is 1. The number of terminal acetylenes is 1. The highest BCUT2D eigenvalue weighted by atomic mass is 31.2. The lowest BCUT2D eigenvalue weighted by molar-refractivity contribution is 0.0745. The first-order valence-corrected chi connectivity index (χ1v) is 5.96. The van der Waals surface area contributed by atoms with Gasteiger partial charge in [-0.25, -0.2) is 0 Å². The maximum Gasteiger partial charge on any atom is 0.331 e. The van der Waals surface area contributed by atoms with E-state index >= 15 is 0 Å². The standard InChI is InChI=1S/C9H15O3P/c1-5-8-9(2,3)6-7-13(10,11-4)12-8/h1,8H,6-7H2,2-4H3. The van der Waals surface area contributed by atoms with Crippen LogP contribution in [-0.2, 0) is 13.6 Å². The molecule has 1 rings (SSSR count). The molecule has 0 amide bonds. The zero-order valence-corrected chi connectivity index (χ0v) is 9.14. The van der Waals surface area contributed by atoms with E-state index in [0.29, 0.717) is 6.16 Å². The molecule has 0 aliphatic carbocycles. The molecule has 1 heterocycles. The molecule has 3 nitrogen and oxygen atoms in total. The fraction of sp³-hybridized carbons (Fsp3) is 0.778. The third-order valence-electron chi connectivity index (χ3n) is 2.44. The molecule has 2 unspecified atom stereocenters. The minimum absolute atomic E-state index is 0.110. The Morgan fingerprint density at radius 3 is 2.77 bits per heavy atom. The zero-order chi connectivity index (χ0) is 10.1. The van der Waals surface area contributed by atoms with Crippen molar-refractivity contribution in [1.29, 1.82) is 0 Å². The van der Waals surface area contributed by atoms with Gasteiger partial charge < -0.3 is 4.52 Å². The Labute approximate surface area is 79.3 Å². The summed E-state index contributed by atoms with van der Waals surface area (Å²) in [6.07, 6.45) is 6.12. The molecular weight excluding hydrogens is 187 g/mol. The summed E-state index contributed by atoms with van der Waals surface area (Å²) in [4.78, 5) is 0. The summed E-state index contributed by atoms with van der Waals surface area (Å²) in [5, 5.41) is 0. The zero-order valence-electron chi connectivity index (χ0n) is 8.24. The molecule has 2 atom stereocenters. The first kappa shape index (κ1) is 10.8. The average Bonchev–Trinajstić information content (AvgIpc) is 2.10. The van der Waals surface area contributed by atoms with E-state index in [0.717, 1.165) is 6.42 Å². The van der Waals surface area contributed by atoms with Crippen molar-refractivity contribution in [2.24, 2.45) is 5.41 Å². The minimum Gasteiger partial charge on any atom is -0.312 e. The highest BCUT2D eigenvalue weighted by molar-refractivity contribution is 7.53. The Balaban J connectivity index is 2.82. The van der Waals surface area contributed by atoms with Crippen LogP contribution in [-0.4, -0.2) is 19.4 Å². The van der Waals surface area contributed by atoms with E-state index in [-0.39, 0.29) is 5.41 Å². The second-order valence-electron chi connectivity index (χ2n) is 3.91. The van der Waals surface area contributed by atoms with Gasteiger partial charge in [-0.1, -0.05) is 19.8 Å². The normalized spacial score (nSPS) is 38.2. The molecule has 4 heteroatoms. The maximum atomic E-state index is 11.7. The van der Waals surface area contributed by atoms with Gasteiger partial charge in [0.25, 0.3) is 0 Å². The molecule has 0 aromatic rings. The predicted molar refractivity (Wildman–Crippen MR) is 51.6 cm³/mol. The van der Waals surface area contributed by atoms with Gasteiger partial charge in [0.05, 0.1) is 6.16 Å². The lowest BCUT2D eigenvalue weighted by Crippen LogP contribution is -2.35. The third kappa shape index (κ3) is 2.14. The van der Waals surface area contributed by atoms with Crippen LogP contribution in [0.5, 0.6) is 0 Å². The summed E-state index contributed by atoms with van der Waals surface area (Å²) in [5.74, 6) is 2.51. The van der Waals surface area contributed by atoms with Crippen LogP contribution < -0.4 is 0 Å². The maximum absolute atomic E-state index is 11.7. The van der Waals surface area contributed by atoms with Gasteiger partial charge in [-0.05, 0) is 6.42 Å². The lowest BCUT2D eigenvalue weighted by Gasteiger charge is -2.38. The van der Waals surface area contributed by atoms with Crippen LogP contribution in [0, 0.1) is 17.8 Å². The van der Waals surface area contributed by atoms with Gasteiger partial charge in [0.15, 0.2) is 0 Å². The van der Waals surface area contributed by atoms with Crippen molar-refractivity contribution >= 4 is 7.60 Å². The monoisotopic (exact) mass is 202 g/mol. The fourth-order valence-electron chi connectivity index (χ4n) is 1.30. The molecule has 13 heavy (non-hydrogen) atoms. The quantitative estimate of drug-likeness (QED) is 0.483. The van der Waals surface area contributed by atoms with Crippen LogP contribution in [0.3, 0.4) is 0 Å². The first-order valence-electron chi connectivity index (χ1n) is 4.23. The lowest BCUT2D eigenvalue weighted by atomic mass is 9.84. The number of hydrogen-bond donors (Lipinski definition) is 0. The van der Waals surface area contributed by atoms with Gasteiger partial charge in [-0.15, -0.1) is 6.42 Å². The summed E-state index contributed by atoms with van der Waals surface area (Å²) in [7, 11) is -1.49. The van der Waals surface area contributed by atoms with Crippen LogP contribution in [0.1, 0.15) is 20.3 Å². The molecule has 74 valence electrons. The summed E-state index contributed by atoms with van der Waals surface area (Å²) in [5.41, 5.74) is -0.110. The second kappa shape index (κ2) is 3.46. The topological polar surface area (TPSA) is 35.5 Å². The molecule has 0 aromatic heterocycles. The van der Waals surface area contributed by atoms with E-state index < -0.39 is 13.7 Å². The molecule has 0 bridgehead atoms. The van der Waals surface area contributed by atoms with Gasteiger partial charge in [0.2, 0.25) is 0 Å². The Morgan fingerprint density at radius 1 is 1.69 bits per heavy atom. The smallest absolute Gasteiger partial charge is 0.312 e. The second-order valence-corrected chi connectivity index (χ2v) is 6.15. The largest absolute Gasteiger partial charge is 0.331 e. The molecule has 1 saturated heterocycles. The van der Waals surface area contributed by atoms with E-state index in [1.807, 2.05) is 13.8 Å². The predicted octanol–water partition coefficient (Wildman–Crippen LogP) is 2.27. The summed E-state index contributed by atoms with van der Waals surface area (Å²) >= 11 is 0. The Bertz CT molecular complexity index is 277. The van der Waals surface area contributed by atoms with Gasteiger partial charge >= 0.3 is 7.60 Å². The summed E-state index contributed by atoms with van der Waals surface area (Å²) in [6, 6.07) is 0. The van der Waals surface area contributed by atoms with Crippen molar-refractivity contribution in [2.75, 3.05) is 13.3 Å². The highest BCUT2D eigenvalue weighted by Gasteiger charge is 2.42. The molecule has 1 fully saturated rings. The highest BCUT2D eigenvalue weighted by Crippen LogP contribution is 2.56. The molecule has 0 aromatic carbocycles. The van der Waals surface area contributed by atoms with E-state index in [4.69, 9.17) is 15.5 Å². The summed E-state index contributed by atoms with van der Waals surface area (Å²) < 4.78 is 21.8. The third-order valence-corrected chi connectivity index (χ3v) is 4.30. The molecule has 0 radical (unpaired) electrons. The molecule has 0 spiro atoms. The molecule has 0 N–H and O–H groups in total. The minimum atomic E-state index is -2.89. The SMILES string of the molecule is C#CC1OP(=O)(OC)CCC1(C)C. The van der Waals surface area contributed by atoms with Crippen molar-refractivity contribution in [3.8, 4) is 12.3 Å². The Kier molecular flexibility index (Phi) is 2.87. The summed E-state index contributed by atoms with van der Waals surface area (Å²) in [6.45, 7) is 4.02. The molecule has 1 aliphatic heterocycles. The van der Waals surface area contributed by atoms with Crippen molar-refractivity contribution in [3.63, 3.8) is 0 Å². The Hall–Kier alpha value is -0.290. The van der Waals surface area contributed by atoms with Gasteiger partial charge in [0.1, 0.15) is 6.10 Å². The van der Waals surface area contributed by atoms with Crippen LogP contribution in [0.4, 0.5) is 0 Å². The van der Waals surface area contributed by atoms with E-state index in [2.05, 4.69) is 5.92 Å². The number of hydrogen-bond acceptors (Lipinski definition) is 3. The van der Waals surface area contributed by atoms with E-state index in [1.54, 1.807) is 0 Å². The molecule has 0 saturated carbocycles. The first-order chi connectivity index (χ1) is 5.93. The van der Waals surface area contributed by atoms with Gasteiger partial charge in [0, 0.05) is 12.5 Å². The van der Waals surface area contributed by atoms with Gasteiger partial charge in [-0.3, -0.25) is 9.09 Å². The van der Waals surface area contributed by atoms with Crippen LogP contribution >= 0.6 is 7.60 Å². The molecular formula is C9H15O3P. The van der Waals surface area contributed by atoms with Crippen molar-refractivity contribution < 1.29 is 13.6 Å². The van der Waals surface area contributed by atoms with Crippen molar-refractivity contribution in [3.05, 3.63) is 0 Å². The van der Waals surface area contributed by atoms with E-state index in [9.17, 15) is 4.57 Å². The van der Waals surface area contributed by atoms with Gasteiger partial charge in [-0.2, -0.15) is 0 Å². The fourth-order valence-corrected chi connectivity index (χ4v) is 3.19. The Morgan fingerprint density at radius 2 is 2.31 bits per heavy atom. The van der Waals surface area contributed by atoms with Crippen LogP contribution in [0.15, 0.2) is 0 Å². The van der Waals surface area contributed by atoms with Crippen molar-refractivity contribution in [1.82, 2.24) is 0 Å². The van der Waals surface area contributed by atoms with Crippen molar-refractivity contribution in [2.45, 2.75) is 26.4 Å². The van der Waals surface area contributed by atoms with E-state index in [1.165, 1.54) is 7.11 Å².